The third-order valence-electron chi connectivity index (χ3n) is 5.13. The normalized spacial score (nSPS) is 31.3. The first-order valence-electron chi connectivity index (χ1n) is 8.61. The first-order valence-corrected chi connectivity index (χ1v) is 8.61. The minimum atomic E-state index is -4.21. The van der Waals surface area contributed by atoms with Crippen LogP contribution in [0.5, 0.6) is 0 Å². The Balaban J connectivity index is 1.79. The topological polar surface area (TPSA) is 78.4 Å². The van der Waals surface area contributed by atoms with Gasteiger partial charge in [-0.15, -0.1) is 0 Å². The number of hydrogen-bond acceptors (Lipinski definition) is 2. The second kappa shape index (κ2) is 8.07. The second-order valence-electron chi connectivity index (χ2n) is 6.97. The van der Waals surface area contributed by atoms with Crippen molar-refractivity contribution in [2.45, 2.75) is 76.0 Å². The number of aliphatic carboxylic acids is 1. The maximum atomic E-state index is 12.6. The number of nitrogens with one attached hydrogen (secondary N) is 2. The number of urea groups is 1. The quantitative estimate of drug-likeness (QED) is 0.727. The number of rotatable bonds is 4. The van der Waals surface area contributed by atoms with Crippen molar-refractivity contribution in [1.82, 2.24) is 10.6 Å². The molecular formula is C16H25F3N2O3. The van der Waals surface area contributed by atoms with Gasteiger partial charge in [0.2, 0.25) is 0 Å². The van der Waals surface area contributed by atoms with Gasteiger partial charge in [-0.3, -0.25) is 4.79 Å². The van der Waals surface area contributed by atoms with Gasteiger partial charge in [-0.2, -0.15) is 13.2 Å². The zero-order valence-electron chi connectivity index (χ0n) is 13.6. The van der Waals surface area contributed by atoms with Gasteiger partial charge >= 0.3 is 18.2 Å². The molecule has 2 aliphatic carbocycles. The van der Waals surface area contributed by atoms with Gasteiger partial charge in [-0.1, -0.05) is 12.8 Å². The summed E-state index contributed by atoms with van der Waals surface area (Å²) >= 11 is 0. The van der Waals surface area contributed by atoms with E-state index in [9.17, 15) is 22.8 Å². The molecule has 2 amide bonds. The molecule has 2 atom stereocenters. The average molecular weight is 350 g/mol. The van der Waals surface area contributed by atoms with Crippen LogP contribution in [0.4, 0.5) is 18.0 Å². The van der Waals surface area contributed by atoms with Crippen molar-refractivity contribution in [1.29, 1.82) is 0 Å². The van der Waals surface area contributed by atoms with Gasteiger partial charge < -0.3 is 15.7 Å². The van der Waals surface area contributed by atoms with Crippen molar-refractivity contribution in [2.75, 3.05) is 0 Å². The molecular weight excluding hydrogens is 325 g/mol. The van der Waals surface area contributed by atoms with Gasteiger partial charge in [0.15, 0.2) is 0 Å². The van der Waals surface area contributed by atoms with Gasteiger partial charge in [0.05, 0.1) is 5.92 Å². The van der Waals surface area contributed by atoms with Crippen molar-refractivity contribution in [2.24, 2.45) is 11.8 Å². The molecule has 0 spiro atoms. The number of halogens is 3. The molecule has 0 radical (unpaired) electrons. The van der Waals surface area contributed by atoms with Crippen LogP contribution in [-0.4, -0.2) is 35.4 Å². The van der Waals surface area contributed by atoms with E-state index in [0.717, 1.165) is 12.8 Å². The minimum Gasteiger partial charge on any atom is -0.481 e. The molecule has 24 heavy (non-hydrogen) atoms. The molecule has 0 aromatic rings. The summed E-state index contributed by atoms with van der Waals surface area (Å²) < 4.78 is 37.9. The van der Waals surface area contributed by atoms with E-state index in [-0.39, 0.29) is 12.0 Å². The standard InChI is InChI=1S/C16H25F3N2O3/c17-16(18,19)9-11-3-1-2-4-13(11)21-15(24)20-12-7-5-10(6-8-12)14(22)23/h10-13H,1-9H2,(H,22,23)(H2,20,21,24)/t10?,11-,12?,13-/m0/s1. The highest BCUT2D eigenvalue weighted by atomic mass is 19.4. The number of alkyl halides is 3. The first-order chi connectivity index (χ1) is 11.2. The molecule has 8 heteroatoms. The Morgan fingerprint density at radius 1 is 0.958 bits per heavy atom. The van der Waals surface area contributed by atoms with E-state index in [2.05, 4.69) is 10.6 Å². The molecule has 0 unspecified atom stereocenters. The van der Waals surface area contributed by atoms with E-state index in [0.29, 0.717) is 38.5 Å². The van der Waals surface area contributed by atoms with E-state index >= 15 is 0 Å². The van der Waals surface area contributed by atoms with Gasteiger partial charge in [-0.05, 0) is 44.4 Å². The minimum absolute atomic E-state index is 0.106. The lowest BCUT2D eigenvalue weighted by atomic mass is 9.82. The molecule has 0 bridgehead atoms. The number of hydrogen-bond donors (Lipinski definition) is 3. The zero-order chi connectivity index (χ0) is 17.7. The van der Waals surface area contributed by atoms with E-state index < -0.39 is 36.6 Å². The molecule has 138 valence electrons. The fourth-order valence-corrected chi connectivity index (χ4v) is 3.82. The fraction of sp³-hybridized carbons (Fsp3) is 0.875. The molecule has 2 fully saturated rings. The Labute approximate surface area is 139 Å². The predicted octanol–water partition coefficient (Wildman–Crippen LogP) is 3.44. The van der Waals surface area contributed by atoms with Crippen LogP contribution in [0.25, 0.3) is 0 Å². The van der Waals surface area contributed by atoms with Crippen molar-refractivity contribution < 1.29 is 27.9 Å². The monoisotopic (exact) mass is 350 g/mol. The largest absolute Gasteiger partial charge is 0.481 e. The lowest BCUT2D eigenvalue weighted by Crippen LogP contribution is -2.50. The summed E-state index contributed by atoms with van der Waals surface area (Å²) in [6, 6.07) is -0.992. The summed E-state index contributed by atoms with van der Waals surface area (Å²) in [7, 11) is 0. The van der Waals surface area contributed by atoms with Crippen molar-refractivity contribution >= 4 is 12.0 Å². The predicted molar refractivity (Wildman–Crippen MR) is 81.5 cm³/mol. The second-order valence-corrected chi connectivity index (χ2v) is 6.97. The Morgan fingerprint density at radius 3 is 2.17 bits per heavy atom. The van der Waals surface area contributed by atoms with Crippen LogP contribution in [0.1, 0.15) is 57.8 Å². The molecule has 0 aliphatic heterocycles. The number of carboxylic acids is 1. The van der Waals surface area contributed by atoms with Gasteiger partial charge in [0.1, 0.15) is 0 Å². The lowest BCUT2D eigenvalue weighted by Gasteiger charge is -2.34. The van der Waals surface area contributed by atoms with Crippen LogP contribution in [0.3, 0.4) is 0 Å². The van der Waals surface area contributed by atoms with Gasteiger partial charge in [0.25, 0.3) is 0 Å². The van der Waals surface area contributed by atoms with E-state index in [1.807, 2.05) is 0 Å². The third kappa shape index (κ3) is 5.87. The number of amides is 2. The van der Waals surface area contributed by atoms with Crippen molar-refractivity contribution in [3.05, 3.63) is 0 Å². The van der Waals surface area contributed by atoms with Crippen LogP contribution in [-0.2, 0) is 4.79 Å². The lowest BCUT2D eigenvalue weighted by molar-refractivity contribution is -0.148. The molecule has 0 saturated heterocycles. The molecule has 2 saturated carbocycles. The molecule has 2 rings (SSSR count). The summed E-state index contributed by atoms with van der Waals surface area (Å²) in [6.07, 6.45) is -0.241. The average Bonchev–Trinajstić information content (AvgIpc) is 2.48. The van der Waals surface area contributed by atoms with Crippen LogP contribution in [0.15, 0.2) is 0 Å². The number of carbonyl (C=O) groups is 2. The van der Waals surface area contributed by atoms with Crippen molar-refractivity contribution in [3.8, 4) is 0 Å². The van der Waals surface area contributed by atoms with Crippen LogP contribution in [0, 0.1) is 11.8 Å². The number of carboxylic acid groups (broad SMARTS) is 1. The third-order valence-corrected chi connectivity index (χ3v) is 5.13. The Kier molecular flexibility index (Phi) is 6.34. The van der Waals surface area contributed by atoms with Crippen LogP contribution >= 0.6 is 0 Å². The zero-order valence-corrected chi connectivity index (χ0v) is 13.6. The SMILES string of the molecule is O=C(NC1CCC(C(=O)O)CC1)N[C@H]1CCCC[C@H]1CC(F)(F)F. The summed E-state index contributed by atoms with van der Waals surface area (Å²) in [4.78, 5) is 23.0. The van der Waals surface area contributed by atoms with E-state index in [1.54, 1.807) is 0 Å². The Bertz CT molecular complexity index is 448. The van der Waals surface area contributed by atoms with Gasteiger partial charge in [0, 0.05) is 18.5 Å². The fourth-order valence-electron chi connectivity index (χ4n) is 3.82. The first kappa shape index (κ1) is 18.9. The molecule has 2 aliphatic rings. The van der Waals surface area contributed by atoms with E-state index in [1.165, 1.54) is 0 Å². The van der Waals surface area contributed by atoms with Crippen LogP contribution in [0.2, 0.25) is 0 Å². The summed E-state index contributed by atoms with van der Waals surface area (Å²) in [5, 5.41) is 14.4. The summed E-state index contributed by atoms with van der Waals surface area (Å²) in [5.41, 5.74) is 0. The molecule has 0 aromatic heterocycles. The smallest absolute Gasteiger partial charge is 0.389 e. The highest BCUT2D eigenvalue weighted by Crippen LogP contribution is 2.34. The maximum Gasteiger partial charge on any atom is 0.389 e. The van der Waals surface area contributed by atoms with Gasteiger partial charge in [-0.25, -0.2) is 4.79 Å². The molecule has 5 nitrogen and oxygen atoms in total. The summed E-state index contributed by atoms with van der Waals surface area (Å²) in [6.45, 7) is 0. The number of carbonyl (C=O) groups excluding carboxylic acids is 1. The highest BCUT2D eigenvalue weighted by molar-refractivity contribution is 5.74. The Hall–Kier alpha value is -1.47. The summed E-state index contributed by atoms with van der Waals surface area (Å²) in [5.74, 6) is -1.73. The van der Waals surface area contributed by atoms with E-state index in [4.69, 9.17) is 5.11 Å². The highest BCUT2D eigenvalue weighted by Gasteiger charge is 2.37. The molecule has 3 N–H and O–H groups in total. The maximum absolute atomic E-state index is 12.6. The Morgan fingerprint density at radius 2 is 1.58 bits per heavy atom. The molecule has 0 aromatic carbocycles. The molecule has 0 heterocycles. The van der Waals surface area contributed by atoms with Crippen LogP contribution < -0.4 is 10.6 Å². The van der Waals surface area contributed by atoms with Crippen molar-refractivity contribution in [3.63, 3.8) is 0 Å².